The number of hydrogen-bond donors (Lipinski definition) is 3. The largest absolute Gasteiger partial charge is 0.367 e. The van der Waals surface area contributed by atoms with E-state index in [0.717, 1.165) is 10.1 Å². The molecule has 1 heterocycles. The van der Waals surface area contributed by atoms with Crippen molar-refractivity contribution in [3.8, 4) is 0 Å². The fraction of sp³-hybridized carbons (Fsp3) is 0.214. The molecule has 21 heavy (non-hydrogen) atoms. The summed E-state index contributed by atoms with van der Waals surface area (Å²) in [6, 6.07) is 9.43. The Balaban J connectivity index is 2.41. The molecule has 0 aliphatic heterocycles. The molecule has 2 aromatic rings. The molecule has 0 saturated carbocycles. The summed E-state index contributed by atoms with van der Waals surface area (Å²) < 4.78 is 0.859. The lowest BCUT2D eigenvalue weighted by Gasteiger charge is -2.11. The number of aromatic amines is 1. The second-order valence-electron chi connectivity index (χ2n) is 4.46. The van der Waals surface area contributed by atoms with E-state index in [0.29, 0.717) is 6.54 Å². The minimum absolute atomic E-state index is 0.115. The molecule has 1 aromatic carbocycles. The van der Waals surface area contributed by atoms with E-state index in [9.17, 15) is 14.4 Å². The van der Waals surface area contributed by atoms with Crippen LogP contribution in [0.15, 0.2) is 39.9 Å². The van der Waals surface area contributed by atoms with E-state index >= 15 is 0 Å². The van der Waals surface area contributed by atoms with E-state index in [1.807, 2.05) is 30.3 Å². The molecule has 1 aromatic heterocycles. The van der Waals surface area contributed by atoms with Gasteiger partial charge in [0.15, 0.2) is 0 Å². The highest BCUT2D eigenvalue weighted by molar-refractivity contribution is 5.98. The molecule has 7 nitrogen and oxygen atoms in total. The van der Waals surface area contributed by atoms with E-state index in [1.165, 1.54) is 14.1 Å². The van der Waals surface area contributed by atoms with Gasteiger partial charge in [-0.05, 0) is 5.56 Å². The normalized spacial score (nSPS) is 10.2. The van der Waals surface area contributed by atoms with Crippen molar-refractivity contribution < 1.29 is 4.79 Å². The Morgan fingerprint density at radius 1 is 1.24 bits per heavy atom. The van der Waals surface area contributed by atoms with Gasteiger partial charge in [-0.15, -0.1) is 0 Å². The number of carbonyl (C=O) groups excluding carboxylic acids is 1. The van der Waals surface area contributed by atoms with Crippen LogP contribution in [-0.2, 0) is 13.6 Å². The zero-order valence-electron chi connectivity index (χ0n) is 11.8. The predicted molar refractivity (Wildman–Crippen MR) is 79.5 cm³/mol. The third-order valence-electron chi connectivity index (χ3n) is 3.07. The van der Waals surface area contributed by atoms with Gasteiger partial charge in [-0.25, -0.2) is 4.79 Å². The summed E-state index contributed by atoms with van der Waals surface area (Å²) >= 11 is 0. The average Bonchev–Trinajstić information content (AvgIpc) is 2.51. The average molecular weight is 288 g/mol. The number of rotatable bonds is 4. The molecule has 0 spiro atoms. The number of hydrogen-bond acceptors (Lipinski definition) is 4. The van der Waals surface area contributed by atoms with Crippen molar-refractivity contribution in [3.05, 3.63) is 62.3 Å². The summed E-state index contributed by atoms with van der Waals surface area (Å²) in [6.45, 7) is 0.383. The second-order valence-corrected chi connectivity index (χ2v) is 4.46. The van der Waals surface area contributed by atoms with Crippen molar-refractivity contribution in [1.29, 1.82) is 0 Å². The monoisotopic (exact) mass is 288 g/mol. The summed E-state index contributed by atoms with van der Waals surface area (Å²) in [5.41, 5.74) is -0.380. The van der Waals surface area contributed by atoms with E-state index in [-0.39, 0.29) is 11.4 Å². The van der Waals surface area contributed by atoms with Crippen LogP contribution in [0.4, 0.5) is 5.82 Å². The summed E-state index contributed by atoms with van der Waals surface area (Å²) in [5, 5.41) is 5.32. The molecule has 7 heteroatoms. The molecule has 0 radical (unpaired) electrons. The topological polar surface area (TPSA) is 96.0 Å². The highest BCUT2D eigenvalue weighted by Gasteiger charge is 2.18. The van der Waals surface area contributed by atoms with Crippen molar-refractivity contribution >= 4 is 11.7 Å². The fourth-order valence-electron chi connectivity index (χ4n) is 1.87. The SMILES string of the molecule is CNC(=O)c1c(NCc2ccccc2)[nH]c(=O)n(C)c1=O. The van der Waals surface area contributed by atoms with Crippen LogP contribution in [0.3, 0.4) is 0 Å². The van der Waals surface area contributed by atoms with Crippen LogP contribution in [0.1, 0.15) is 15.9 Å². The van der Waals surface area contributed by atoms with Gasteiger partial charge in [0, 0.05) is 20.6 Å². The van der Waals surface area contributed by atoms with E-state index in [1.54, 1.807) is 0 Å². The van der Waals surface area contributed by atoms with Gasteiger partial charge < -0.3 is 10.6 Å². The maximum Gasteiger partial charge on any atom is 0.329 e. The minimum atomic E-state index is -0.645. The molecule has 0 saturated heterocycles. The van der Waals surface area contributed by atoms with E-state index < -0.39 is 17.2 Å². The van der Waals surface area contributed by atoms with Crippen LogP contribution in [0.25, 0.3) is 0 Å². The van der Waals surface area contributed by atoms with Crippen LogP contribution >= 0.6 is 0 Å². The summed E-state index contributed by atoms with van der Waals surface area (Å²) in [7, 11) is 2.74. The second kappa shape index (κ2) is 6.08. The zero-order valence-corrected chi connectivity index (χ0v) is 11.8. The Morgan fingerprint density at radius 2 is 1.90 bits per heavy atom. The molecular weight excluding hydrogens is 272 g/mol. The van der Waals surface area contributed by atoms with Gasteiger partial charge in [-0.3, -0.25) is 19.1 Å². The van der Waals surface area contributed by atoms with Crippen LogP contribution in [0.5, 0.6) is 0 Å². The summed E-state index contributed by atoms with van der Waals surface area (Å²) in [4.78, 5) is 38.1. The van der Waals surface area contributed by atoms with E-state index in [4.69, 9.17) is 0 Å². The number of nitrogens with one attached hydrogen (secondary N) is 3. The van der Waals surface area contributed by atoms with Gasteiger partial charge in [0.25, 0.3) is 11.5 Å². The van der Waals surface area contributed by atoms with Crippen LogP contribution in [0.2, 0.25) is 0 Å². The molecular formula is C14H16N4O3. The number of carbonyl (C=O) groups is 1. The van der Waals surface area contributed by atoms with Gasteiger partial charge in [-0.1, -0.05) is 30.3 Å². The minimum Gasteiger partial charge on any atom is -0.367 e. The molecule has 1 amide bonds. The number of amides is 1. The number of benzene rings is 1. The molecule has 0 unspecified atom stereocenters. The lowest BCUT2D eigenvalue weighted by molar-refractivity contribution is 0.0961. The summed E-state index contributed by atoms with van der Waals surface area (Å²) in [6.07, 6.45) is 0. The molecule has 0 aliphatic carbocycles. The smallest absolute Gasteiger partial charge is 0.329 e. The predicted octanol–water partition coefficient (Wildman–Crippen LogP) is 0.0453. The van der Waals surface area contributed by atoms with Gasteiger partial charge >= 0.3 is 5.69 Å². The van der Waals surface area contributed by atoms with Crippen LogP contribution in [-0.4, -0.2) is 22.5 Å². The maximum atomic E-state index is 12.1. The summed E-state index contributed by atoms with van der Waals surface area (Å²) in [5.74, 6) is -0.436. The molecule has 110 valence electrons. The fourth-order valence-corrected chi connectivity index (χ4v) is 1.87. The maximum absolute atomic E-state index is 12.1. The van der Waals surface area contributed by atoms with Gasteiger partial charge in [0.1, 0.15) is 11.4 Å². The number of H-pyrrole nitrogens is 1. The number of anilines is 1. The molecule has 2 rings (SSSR count). The Labute approximate surface area is 120 Å². The highest BCUT2D eigenvalue weighted by Crippen LogP contribution is 2.08. The molecule has 0 bridgehead atoms. The van der Waals surface area contributed by atoms with Crippen LogP contribution < -0.4 is 21.9 Å². The molecule has 3 N–H and O–H groups in total. The first-order valence-corrected chi connectivity index (χ1v) is 6.37. The Hall–Kier alpha value is -2.83. The molecule has 0 atom stereocenters. The van der Waals surface area contributed by atoms with Crippen molar-refractivity contribution in [2.75, 3.05) is 12.4 Å². The first kappa shape index (κ1) is 14.6. The zero-order chi connectivity index (χ0) is 15.4. The highest BCUT2D eigenvalue weighted by atomic mass is 16.2. The first-order chi connectivity index (χ1) is 10.0. The Kier molecular flexibility index (Phi) is 4.22. The number of nitrogens with zero attached hydrogens (tertiary/aromatic N) is 1. The quantitative estimate of drug-likeness (QED) is 0.740. The lowest BCUT2D eigenvalue weighted by Crippen LogP contribution is -2.39. The van der Waals surface area contributed by atoms with Crippen molar-refractivity contribution in [1.82, 2.24) is 14.9 Å². The van der Waals surface area contributed by atoms with E-state index in [2.05, 4.69) is 15.6 Å². The standard InChI is InChI=1S/C14H16N4O3/c1-15-12(19)10-11(17-14(21)18(2)13(10)20)16-8-9-6-4-3-5-7-9/h3-7,16H,8H2,1-2H3,(H,15,19)(H,17,21). The van der Waals surface area contributed by atoms with Gasteiger partial charge in [0.2, 0.25) is 0 Å². The van der Waals surface area contributed by atoms with Crippen molar-refractivity contribution in [2.45, 2.75) is 6.54 Å². The first-order valence-electron chi connectivity index (χ1n) is 6.37. The Morgan fingerprint density at radius 3 is 2.52 bits per heavy atom. The third-order valence-corrected chi connectivity index (χ3v) is 3.07. The Bertz CT molecular complexity index is 762. The lowest BCUT2D eigenvalue weighted by atomic mass is 10.2. The molecule has 0 aliphatic rings. The van der Waals surface area contributed by atoms with Crippen LogP contribution in [0, 0.1) is 0 Å². The molecule has 0 fully saturated rings. The van der Waals surface area contributed by atoms with Crippen molar-refractivity contribution in [3.63, 3.8) is 0 Å². The third kappa shape index (κ3) is 3.02. The van der Waals surface area contributed by atoms with Gasteiger partial charge in [0.05, 0.1) is 0 Å². The van der Waals surface area contributed by atoms with Gasteiger partial charge in [-0.2, -0.15) is 0 Å². The van der Waals surface area contributed by atoms with Crippen molar-refractivity contribution in [2.24, 2.45) is 7.05 Å². The number of aromatic nitrogens is 2.